The fraction of sp³-hybridized carbons (Fsp3) is 0.389. The van der Waals surface area contributed by atoms with Crippen LogP contribution in [0.3, 0.4) is 0 Å². The fourth-order valence-electron chi connectivity index (χ4n) is 3.52. The van der Waals surface area contributed by atoms with Gasteiger partial charge in [0.05, 0.1) is 17.5 Å². The van der Waals surface area contributed by atoms with E-state index in [4.69, 9.17) is 0 Å². The third-order valence-electron chi connectivity index (χ3n) is 4.93. The Morgan fingerprint density at radius 3 is 2.62 bits per heavy atom. The fourth-order valence-corrected chi connectivity index (χ4v) is 4.53. The minimum atomic E-state index is -3.63. The van der Waals surface area contributed by atoms with Crippen molar-refractivity contribution in [1.82, 2.24) is 24.9 Å². The first-order chi connectivity index (χ1) is 12.6. The van der Waals surface area contributed by atoms with Gasteiger partial charge in [0, 0.05) is 0 Å². The number of aromatic nitrogens is 4. The van der Waals surface area contributed by atoms with Crippen LogP contribution in [0.15, 0.2) is 47.4 Å². The van der Waals surface area contributed by atoms with Crippen molar-refractivity contribution in [3.8, 4) is 0 Å². The summed E-state index contributed by atoms with van der Waals surface area (Å²) in [7, 11) is -3.63. The maximum Gasteiger partial charge on any atom is 0.240 e. The first kappa shape index (κ1) is 17.1. The lowest BCUT2D eigenvalue weighted by atomic mass is 9.96. The second-order valence-corrected chi connectivity index (χ2v) is 8.43. The smallest absolute Gasteiger partial charge is 0.225 e. The third kappa shape index (κ3) is 3.47. The van der Waals surface area contributed by atoms with E-state index in [1.165, 1.54) is 6.42 Å². The molecule has 8 heteroatoms. The summed E-state index contributed by atoms with van der Waals surface area (Å²) in [5.74, 6) is 0.557. The Morgan fingerprint density at radius 2 is 1.81 bits per heavy atom. The predicted octanol–water partition coefficient (Wildman–Crippen LogP) is 2.81. The molecule has 1 aliphatic rings. The van der Waals surface area contributed by atoms with Crippen LogP contribution in [-0.4, -0.2) is 28.6 Å². The first-order valence-corrected chi connectivity index (χ1v) is 10.4. The van der Waals surface area contributed by atoms with Crippen molar-refractivity contribution < 1.29 is 8.42 Å². The predicted molar refractivity (Wildman–Crippen MR) is 97.9 cm³/mol. The van der Waals surface area contributed by atoms with E-state index < -0.39 is 10.0 Å². The zero-order valence-electron chi connectivity index (χ0n) is 14.4. The molecule has 1 fully saturated rings. The number of tetrazole rings is 1. The summed E-state index contributed by atoms with van der Waals surface area (Å²) in [6.07, 6.45) is 5.63. The lowest BCUT2D eigenvalue weighted by Crippen LogP contribution is -2.26. The molecule has 0 radical (unpaired) electrons. The van der Waals surface area contributed by atoms with Crippen LogP contribution in [-0.2, 0) is 16.6 Å². The molecule has 0 bridgehead atoms. The van der Waals surface area contributed by atoms with Gasteiger partial charge in [0.25, 0.3) is 0 Å². The molecule has 1 aliphatic carbocycles. The molecule has 7 nitrogen and oxygen atoms in total. The highest BCUT2D eigenvalue weighted by Gasteiger charge is 2.21. The summed E-state index contributed by atoms with van der Waals surface area (Å²) in [4.78, 5) is 0.243. The normalized spacial score (nSPS) is 16.2. The highest BCUT2D eigenvalue weighted by Crippen LogP contribution is 2.27. The Bertz CT molecular complexity index is 1010. The molecule has 1 heterocycles. The molecule has 0 aliphatic heterocycles. The summed E-state index contributed by atoms with van der Waals surface area (Å²) in [6, 6.07) is 13.1. The van der Waals surface area contributed by atoms with Crippen LogP contribution in [0.25, 0.3) is 10.8 Å². The molecule has 1 N–H and O–H groups in total. The van der Waals surface area contributed by atoms with Gasteiger partial charge in [-0.1, -0.05) is 49.6 Å². The van der Waals surface area contributed by atoms with Gasteiger partial charge in [-0.05, 0) is 46.2 Å². The lowest BCUT2D eigenvalue weighted by Gasteiger charge is -2.22. The molecule has 0 saturated heterocycles. The topological polar surface area (TPSA) is 89.8 Å². The summed E-state index contributed by atoms with van der Waals surface area (Å²) >= 11 is 0. The van der Waals surface area contributed by atoms with Gasteiger partial charge in [0.1, 0.15) is 0 Å². The SMILES string of the molecule is O=S(=O)(NCc1nnnn1C1CCCCC1)c1ccc2ccccc2c1. The zero-order valence-corrected chi connectivity index (χ0v) is 15.2. The van der Waals surface area contributed by atoms with Crippen molar-refractivity contribution in [2.24, 2.45) is 0 Å². The molecule has 26 heavy (non-hydrogen) atoms. The average Bonchev–Trinajstić information content (AvgIpc) is 3.15. The van der Waals surface area contributed by atoms with Crippen LogP contribution in [0.1, 0.15) is 44.0 Å². The Labute approximate surface area is 152 Å². The van der Waals surface area contributed by atoms with E-state index in [2.05, 4.69) is 20.2 Å². The summed E-state index contributed by atoms with van der Waals surface area (Å²) in [6.45, 7) is 0.0820. The van der Waals surface area contributed by atoms with Gasteiger partial charge in [0.15, 0.2) is 5.82 Å². The number of hydrogen-bond donors (Lipinski definition) is 1. The average molecular weight is 371 g/mol. The van der Waals surface area contributed by atoms with Gasteiger partial charge in [-0.15, -0.1) is 5.10 Å². The monoisotopic (exact) mass is 371 g/mol. The maximum absolute atomic E-state index is 12.7. The number of sulfonamides is 1. The van der Waals surface area contributed by atoms with Crippen molar-refractivity contribution in [2.45, 2.75) is 49.6 Å². The lowest BCUT2D eigenvalue weighted by molar-refractivity contribution is 0.316. The Balaban J connectivity index is 1.52. The molecule has 0 unspecified atom stereocenters. The Hall–Kier alpha value is -2.32. The maximum atomic E-state index is 12.7. The molecule has 3 aromatic rings. The van der Waals surface area contributed by atoms with Crippen molar-refractivity contribution in [2.75, 3.05) is 0 Å². The number of nitrogens with zero attached hydrogens (tertiary/aromatic N) is 4. The third-order valence-corrected chi connectivity index (χ3v) is 6.33. The van der Waals surface area contributed by atoms with E-state index in [0.717, 1.165) is 36.5 Å². The summed E-state index contributed by atoms with van der Waals surface area (Å²) < 4.78 is 29.7. The first-order valence-electron chi connectivity index (χ1n) is 8.89. The van der Waals surface area contributed by atoms with Gasteiger partial charge in [0.2, 0.25) is 10.0 Å². The van der Waals surface area contributed by atoms with E-state index in [-0.39, 0.29) is 17.5 Å². The quantitative estimate of drug-likeness (QED) is 0.745. The van der Waals surface area contributed by atoms with Gasteiger partial charge >= 0.3 is 0 Å². The summed E-state index contributed by atoms with van der Waals surface area (Å²) in [5, 5.41) is 13.7. The number of rotatable bonds is 5. The Morgan fingerprint density at radius 1 is 1.04 bits per heavy atom. The van der Waals surface area contributed by atoms with Crippen LogP contribution >= 0.6 is 0 Å². The van der Waals surface area contributed by atoms with E-state index in [0.29, 0.717) is 5.82 Å². The molecule has 2 aromatic carbocycles. The standard InChI is InChI=1S/C18H21N5O2S/c24-26(25,17-11-10-14-6-4-5-7-15(14)12-17)19-13-18-20-21-22-23(18)16-8-2-1-3-9-16/h4-7,10-12,16,19H,1-3,8-9,13H2. The van der Waals surface area contributed by atoms with E-state index in [1.54, 1.807) is 16.8 Å². The molecular formula is C18H21N5O2S. The highest BCUT2D eigenvalue weighted by atomic mass is 32.2. The minimum absolute atomic E-state index is 0.0820. The number of fused-ring (bicyclic) bond motifs is 1. The molecular weight excluding hydrogens is 350 g/mol. The largest absolute Gasteiger partial charge is 0.240 e. The van der Waals surface area contributed by atoms with E-state index in [1.807, 2.05) is 30.3 Å². The molecule has 136 valence electrons. The molecule has 0 spiro atoms. The van der Waals surface area contributed by atoms with Gasteiger partial charge in [-0.2, -0.15) is 0 Å². The molecule has 1 saturated carbocycles. The molecule has 4 rings (SSSR count). The molecule has 0 amide bonds. The van der Waals surface area contributed by atoms with Crippen molar-refractivity contribution >= 4 is 20.8 Å². The zero-order chi connectivity index (χ0) is 18.0. The van der Waals surface area contributed by atoms with Gasteiger partial charge < -0.3 is 0 Å². The van der Waals surface area contributed by atoms with Crippen LogP contribution < -0.4 is 4.72 Å². The Kier molecular flexibility index (Phi) is 4.69. The van der Waals surface area contributed by atoms with Crippen LogP contribution in [0, 0.1) is 0 Å². The van der Waals surface area contributed by atoms with E-state index in [9.17, 15) is 8.42 Å². The second-order valence-electron chi connectivity index (χ2n) is 6.67. The number of benzene rings is 2. The van der Waals surface area contributed by atoms with Gasteiger partial charge in [-0.3, -0.25) is 0 Å². The van der Waals surface area contributed by atoms with Gasteiger partial charge in [-0.25, -0.2) is 17.8 Å². The molecule has 1 aromatic heterocycles. The number of nitrogens with one attached hydrogen (secondary N) is 1. The number of hydrogen-bond acceptors (Lipinski definition) is 5. The van der Waals surface area contributed by atoms with E-state index >= 15 is 0 Å². The van der Waals surface area contributed by atoms with Crippen molar-refractivity contribution in [3.63, 3.8) is 0 Å². The van der Waals surface area contributed by atoms with Crippen LogP contribution in [0.4, 0.5) is 0 Å². The van der Waals surface area contributed by atoms with Crippen LogP contribution in [0.5, 0.6) is 0 Å². The van der Waals surface area contributed by atoms with Crippen LogP contribution in [0.2, 0.25) is 0 Å². The van der Waals surface area contributed by atoms with Crippen molar-refractivity contribution in [1.29, 1.82) is 0 Å². The van der Waals surface area contributed by atoms with Crippen molar-refractivity contribution in [3.05, 3.63) is 48.3 Å². The highest BCUT2D eigenvalue weighted by molar-refractivity contribution is 7.89. The minimum Gasteiger partial charge on any atom is -0.225 e. The second kappa shape index (κ2) is 7.13. The molecule has 0 atom stereocenters. The summed E-state index contributed by atoms with van der Waals surface area (Å²) in [5.41, 5.74) is 0.